The van der Waals surface area contributed by atoms with E-state index in [9.17, 15) is 19.2 Å². The Morgan fingerprint density at radius 3 is 2.52 bits per heavy atom. The highest BCUT2D eigenvalue weighted by molar-refractivity contribution is 6.36. The molecule has 0 unspecified atom stereocenters. The predicted octanol–water partition coefficient (Wildman–Crippen LogP) is 3.56. The summed E-state index contributed by atoms with van der Waals surface area (Å²) in [5.41, 5.74) is 0.182. The lowest BCUT2D eigenvalue weighted by molar-refractivity contribution is -0.119. The fourth-order valence-corrected chi connectivity index (χ4v) is 6.69. The number of carbonyl (C=O) groups is 2. The van der Waals surface area contributed by atoms with Gasteiger partial charge in [0.25, 0.3) is 11.5 Å². The highest BCUT2D eigenvalue weighted by atomic mass is 35.5. The van der Waals surface area contributed by atoms with Crippen LogP contribution in [0.15, 0.2) is 39.9 Å². The zero-order valence-electron chi connectivity index (χ0n) is 26.5. The number of pyridine rings is 1. The van der Waals surface area contributed by atoms with Crippen molar-refractivity contribution in [1.82, 2.24) is 30.0 Å². The van der Waals surface area contributed by atoms with Crippen LogP contribution in [0.5, 0.6) is 5.88 Å². The summed E-state index contributed by atoms with van der Waals surface area (Å²) in [4.78, 5) is 54.0. The molecule has 250 valence electrons. The van der Waals surface area contributed by atoms with Gasteiger partial charge in [-0.1, -0.05) is 11.6 Å². The Morgan fingerprint density at radius 1 is 1.08 bits per heavy atom. The summed E-state index contributed by atoms with van der Waals surface area (Å²) >= 11 is 6.85. The number of ether oxygens (including phenoxy) is 1. The van der Waals surface area contributed by atoms with Crippen molar-refractivity contribution >= 4 is 29.1 Å². The molecule has 12 nitrogen and oxygen atoms in total. The molecule has 0 radical (unpaired) electrons. The maximum absolute atomic E-state index is 15.6. The zero-order chi connectivity index (χ0) is 34.4. The lowest BCUT2D eigenvalue weighted by Gasteiger charge is -2.20. The first-order valence-electron chi connectivity index (χ1n) is 15.2. The normalized spacial score (nSPS) is 16.9. The Balaban J connectivity index is 1.35. The Bertz CT molecular complexity index is 2120. The minimum Gasteiger partial charge on any atom is -0.481 e. The number of nitrogens with one attached hydrogen (secondary N) is 3. The summed E-state index contributed by atoms with van der Waals surface area (Å²) in [6, 6.07) is 6.83. The molecule has 1 aliphatic heterocycles. The molecular weight excluding hydrogens is 648 g/mol. The molecule has 0 bridgehead atoms. The van der Waals surface area contributed by atoms with E-state index in [4.69, 9.17) is 21.3 Å². The average Bonchev–Trinajstić information content (AvgIpc) is 3.68. The maximum Gasteiger partial charge on any atom is 0.346 e. The van der Waals surface area contributed by atoms with Crippen LogP contribution < -0.4 is 31.9 Å². The van der Waals surface area contributed by atoms with Gasteiger partial charge in [0.15, 0.2) is 0 Å². The first kappa shape index (κ1) is 33.0. The van der Waals surface area contributed by atoms with Crippen molar-refractivity contribution in [1.29, 1.82) is 0 Å². The van der Waals surface area contributed by atoms with Crippen LogP contribution in [0.2, 0.25) is 5.02 Å². The van der Waals surface area contributed by atoms with Gasteiger partial charge in [-0.25, -0.2) is 23.2 Å². The minimum atomic E-state index is -0.942. The van der Waals surface area contributed by atoms with Crippen LogP contribution in [0.25, 0.3) is 22.4 Å². The van der Waals surface area contributed by atoms with Crippen LogP contribution in [-0.2, 0) is 25.3 Å². The molecule has 2 amide bonds. The summed E-state index contributed by atoms with van der Waals surface area (Å²) in [7, 11) is 4.01. The van der Waals surface area contributed by atoms with Crippen LogP contribution in [0.1, 0.15) is 52.5 Å². The molecule has 0 spiro atoms. The van der Waals surface area contributed by atoms with Gasteiger partial charge >= 0.3 is 5.69 Å². The summed E-state index contributed by atoms with van der Waals surface area (Å²) in [5, 5.41) is 12.7. The minimum absolute atomic E-state index is 0.0425. The van der Waals surface area contributed by atoms with Gasteiger partial charge in [0.2, 0.25) is 17.5 Å². The van der Waals surface area contributed by atoms with Gasteiger partial charge in [0.1, 0.15) is 11.6 Å². The van der Waals surface area contributed by atoms with Gasteiger partial charge in [0.05, 0.1) is 17.8 Å². The predicted molar refractivity (Wildman–Crippen MR) is 174 cm³/mol. The van der Waals surface area contributed by atoms with E-state index >= 15 is 8.78 Å². The van der Waals surface area contributed by atoms with Gasteiger partial charge in [-0.15, -0.1) is 0 Å². The fourth-order valence-electron chi connectivity index (χ4n) is 6.34. The zero-order valence-corrected chi connectivity index (χ0v) is 27.3. The second-order valence-corrected chi connectivity index (χ2v) is 12.2. The molecule has 3 N–H and O–H groups in total. The number of benzene rings is 2. The molecule has 1 aliphatic carbocycles. The monoisotopic (exact) mass is 679 g/mol. The third-order valence-electron chi connectivity index (χ3n) is 8.86. The third kappa shape index (κ3) is 5.85. The number of hydrogen-bond acceptors (Lipinski definition) is 8. The molecule has 6 rings (SSSR count). The molecule has 1 saturated heterocycles. The number of rotatable bonds is 8. The number of aromatic nitrogens is 4. The van der Waals surface area contributed by atoms with Gasteiger partial charge in [0, 0.05) is 67.1 Å². The van der Waals surface area contributed by atoms with E-state index in [1.807, 2.05) is 6.07 Å². The number of carbonyl (C=O) groups excluding carboxylic acids is 2. The summed E-state index contributed by atoms with van der Waals surface area (Å²) in [5.74, 6) is -2.13. The van der Waals surface area contributed by atoms with E-state index in [2.05, 4.69) is 21.0 Å². The SMILES string of the molecule is COc1nc(-c2ccc(F)c(-c3c(F)ccc(NC(=O)c4nn(C)c(=O)n(C)c4=O)c3C)c2Cl)cc2c1[C@@H](NC[C@@H]1CCC(=O)N1)CC2. The van der Waals surface area contributed by atoms with Crippen LogP contribution >= 0.6 is 11.6 Å². The average molecular weight is 680 g/mol. The van der Waals surface area contributed by atoms with E-state index in [0.29, 0.717) is 36.5 Å². The van der Waals surface area contributed by atoms with Gasteiger partial charge < -0.3 is 20.7 Å². The fraction of sp³-hybridized carbons (Fsp3) is 0.333. The van der Waals surface area contributed by atoms with E-state index in [-0.39, 0.29) is 45.4 Å². The quantitative estimate of drug-likeness (QED) is 0.256. The number of aryl methyl sites for hydroxylation is 2. The number of fused-ring (bicyclic) bond motifs is 1. The van der Waals surface area contributed by atoms with Crippen molar-refractivity contribution in [3.8, 4) is 28.3 Å². The molecule has 3 heterocycles. The van der Waals surface area contributed by atoms with Crippen molar-refractivity contribution in [3.63, 3.8) is 0 Å². The first-order chi connectivity index (χ1) is 22.9. The summed E-state index contributed by atoms with van der Waals surface area (Å²) in [6.45, 7) is 2.08. The Morgan fingerprint density at radius 2 is 1.81 bits per heavy atom. The molecule has 15 heteroatoms. The van der Waals surface area contributed by atoms with E-state index in [1.165, 1.54) is 46.3 Å². The highest BCUT2D eigenvalue weighted by Crippen LogP contribution is 2.44. The molecular formula is C33H32ClF2N7O5. The molecule has 2 aromatic carbocycles. The second kappa shape index (κ2) is 12.9. The Kier molecular flexibility index (Phi) is 8.88. The number of hydrogen-bond donors (Lipinski definition) is 3. The topological polar surface area (TPSA) is 149 Å². The smallest absolute Gasteiger partial charge is 0.346 e. The van der Waals surface area contributed by atoms with Crippen LogP contribution in [-0.4, -0.2) is 50.8 Å². The number of methoxy groups -OCH3 is 1. The lowest BCUT2D eigenvalue weighted by atomic mass is 9.94. The number of anilines is 1. The van der Waals surface area contributed by atoms with E-state index in [0.717, 1.165) is 39.3 Å². The maximum atomic E-state index is 15.6. The molecule has 2 aromatic heterocycles. The highest BCUT2D eigenvalue weighted by Gasteiger charge is 2.31. The van der Waals surface area contributed by atoms with Crippen molar-refractivity contribution in [3.05, 3.63) is 90.2 Å². The third-order valence-corrected chi connectivity index (χ3v) is 9.26. The molecule has 2 atom stereocenters. The molecule has 0 saturated carbocycles. The standard InChI is InChI=1S/C33H32ClF2N7O5/c1-15-21(39-30(45)29-32(46)42(2)33(47)43(3)41-29)11-9-19(35)25(15)27-20(36)8-7-18(28(27)34)23-13-16-5-10-22(26(16)31(40-23)48-4)37-14-17-6-12-24(44)38-17/h7-9,11,13,17,22,37H,5-6,10,12,14H2,1-4H3,(H,38,44)(H,39,45)/t17-,22-/m0/s1. The second-order valence-electron chi connectivity index (χ2n) is 11.8. The van der Waals surface area contributed by atoms with Gasteiger partial charge in [-0.2, -0.15) is 5.10 Å². The molecule has 2 aliphatic rings. The van der Waals surface area contributed by atoms with E-state index < -0.39 is 34.5 Å². The van der Waals surface area contributed by atoms with E-state index in [1.54, 1.807) is 0 Å². The lowest BCUT2D eigenvalue weighted by Crippen LogP contribution is -2.43. The molecule has 1 fully saturated rings. The van der Waals surface area contributed by atoms with Crippen LogP contribution in [0.3, 0.4) is 0 Å². The number of nitrogens with zero attached hydrogens (tertiary/aromatic N) is 4. The van der Waals surface area contributed by atoms with Gasteiger partial charge in [-0.05, 0) is 67.6 Å². The van der Waals surface area contributed by atoms with Crippen LogP contribution in [0, 0.1) is 18.6 Å². The van der Waals surface area contributed by atoms with Gasteiger partial charge in [-0.3, -0.25) is 19.0 Å². The summed E-state index contributed by atoms with van der Waals surface area (Å²) < 4.78 is 38.4. The van der Waals surface area contributed by atoms with Crippen molar-refractivity contribution in [2.75, 3.05) is 19.0 Å². The van der Waals surface area contributed by atoms with Crippen LogP contribution in [0.4, 0.5) is 14.5 Å². The molecule has 48 heavy (non-hydrogen) atoms. The largest absolute Gasteiger partial charge is 0.481 e. The Labute approximate surface area is 278 Å². The Hall–Kier alpha value is -4.95. The number of amides is 2. The first-order valence-corrected chi connectivity index (χ1v) is 15.6. The van der Waals surface area contributed by atoms with Crippen molar-refractivity contribution < 1.29 is 23.1 Å². The number of halogens is 3. The summed E-state index contributed by atoms with van der Waals surface area (Å²) in [6.07, 6.45) is 2.78. The van der Waals surface area contributed by atoms with Crippen molar-refractivity contribution in [2.24, 2.45) is 14.1 Å². The molecule has 4 aromatic rings. The van der Waals surface area contributed by atoms with Crippen molar-refractivity contribution in [2.45, 2.75) is 44.7 Å².